The van der Waals surface area contributed by atoms with Crippen molar-refractivity contribution in [2.45, 2.75) is 64.8 Å². The SMILES string of the molecule is C=C(/C=C\C=C/C)C(NCC1CCN(CCCC2=CCCC=C2F)CC1)c1cccc(CC)c1. The summed E-state index contributed by atoms with van der Waals surface area (Å²) in [7, 11) is 0. The van der Waals surface area contributed by atoms with Crippen molar-refractivity contribution in [2.75, 3.05) is 26.2 Å². The monoisotopic (exact) mass is 462 g/mol. The number of aryl methyl sites for hydroxylation is 1. The Kier molecular flexibility index (Phi) is 11.0. The number of likely N-dealkylation sites (tertiary alicyclic amines) is 1. The number of hydrogen-bond acceptors (Lipinski definition) is 2. The minimum atomic E-state index is 0.0113. The summed E-state index contributed by atoms with van der Waals surface area (Å²) < 4.78 is 13.9. The van der Waals surface area contributed by atoms with E-state index in [9.17, 15) is 4.39 Å². The number of nitrogens with one attached hydrogen (secondary N) is 1. The highest BCUT2D eigenvalue weighted by atomic mass is 19.1. The Hall–Kier alpha value is -2.23. The zero-order valence-corrected chi connectivity index (χ0v) is 21.2. The van der Waals surface area contributed by atoms with E-state index in [1.807, 2.05) is 13.0 Å². The molecule has 34 heavy (non-hydrogen) atoms. The first-order valence-electron chi connectivity index (χ1n) is 13.2. The van der Waals surface area contributed by atoms with Gasteiger partial charge in [0.2, 0.25) is 0 Å². The Morgan fingerprint density at radius 1 is 1.21 bits per heavy atom. The van der Waals surface area contributed by atoms with Crippen molar-refractivity contribution in [3.8, 4) is 0 Å². The normalized spacial score (nSPS) is 18.9. The molecule has 2 nitrogen and oxygen atoms in total. The molecule has 1 aliphatic heterocycles. The maximum absolute atomic E-state index is 13.9. The van der Waals surface area contributed by atoms with Gasteiger partial charge in [-0.25, -0.2) is 4.39 Å². The maximum atomic E-state index is 13.9. The average Bonchev–Trinajstić information content (AvgIpc) is 2.86. The molecule has 1 aliphatic carbocycles. The van der Waals surface area contributed by atoms with Gasteiger partial charge in [0.05, 0.1) is 6.04 Å². The Balaban J connectivity index is 1.48. The van der Waals surface area contributed by atoms with Gasteiger partial charge in [0.1, 0.15) is 5.83 Å². The molecule has 1 aromatic carbocycles. The zero-order valence-electron chi connectivity index (χ0n) is 21.2. The van der Waals surface area contributed by atoms with E-state index in [-0.39, 0.29) is 11.9 Å². The van der Waals surface area contributed by atoms with Gasteiger partial charge >= 0.3 is 0 Å². The van der Waals surface area contributed by atoms with Crippen LogP contribution < -0.4 is 5.32 Å². The second-order valence-electron chi connectivity index (χ2n) is 9.65. The summed E-state index contributed by atoms with van der Waals surface area (Å²) >= 11 is 0. The molecule has 3 rings (SSSR count). The molecule has 1 unspecified atom stereocenters. The molecule has 0 spiro atoms. The van der Waals surface area contributed by atoms with Crippen molar-refractivity contribution in [1.29, 1.82) is 0 Å². The molecule has 0 amide bonds. The van der Waals surface area contributed by atoms with Crippen LogP contribution in [0.25, 0.3) is 0 Å². The van der Waals surface area contributed by atoms with Crippen molar-refractivity contribution in [1.82, 2.24) is 10.2 Å². The lowest BCUT2D eigenvalue weighted by Crippen LogP contribution is -2.38. The first-order chi connectivity index (χ1) is 16.6. The van der Waals surface area contributed by atoms with Crippen LogP contribution in [-0.2, 0) is 6.42 Å². The van der Waals surface area contributed by atoms with Gasteiger partial charge in [-0.15, -0.1) is 0 Å². The molecular weight excluding hydrogens is 419 g/mol. The largest absolute Gasteiger partial charge is 0.306 e. The fourth-order valence-electron chi connectivity index (χ4n) is 4.95. The summed E-state index contributed by atoms with van der Waals surface area (Å²) in [5.41, 5.74) is 4.68. The third kappa shape index (κ3) is 8.21. The Bertz CT molecular complexity index is 900. The highest BCUT2D eigenvalue weighted by Gasteiger charge is 2.21. The molecule has 1 saturated heterocycles. The van der Waals surface area contributed by atoms with E-state index in [0.717, 1.165) is 69.4 Å². The van der Waals surface area contributed by atoms with Crippen molar-refractivity contribution in [3.05, 3.63) is 95.4 Å². The average molecular weight is 463 g/mol. The van der Waals surface area contributed by atoms with Crippen LogP contribution in [-0.4, -0.2) is 31.1 Å². The van der Waals surface area contributed by atoms with E-state index in [0.29, 0.717) is 5.92 Å². The smallest absolute Gasteiger partial charge is 0.122 e. The molecule has 3 heteroatoms. The van der Waals surface area contributed by atoms with Crippen LogP contribution in [0, 0.1) is 5.92 Å². The van der Waals surface area contributed by atoms with Crippen molar-refractivity contribution in [2.24, 2.45) is 5.92 Å². The second kappa shape index (κ2) is 14.2. The molecule has 1 N–H and O–H groups in total. The Labute approximate surface area is 207 Å². The van der Waals surface area contributed by atoms with E-state index >= 15 is 0 Å². The molecule has 2 aliphatic rings. The lowest BCUT2D eigenvalue weighted by atomic mass is 9.93. The standard InChI is InChI=1S/C31H43FN2/c1-4-6-7-12-25(3)31(29-15-10-13-26(5-2)23-29)33-24-27-18-21-34(22-19-27)20-11-16-28-14-8-9-17-30(28)32/h4,6-7,10,12-15,17,23,27,31,33H,3,5,8-9,11,16,18-22,24H2,1-2H3/b6-4-,12-7-. The molecule has 184 valence electrons. The third-order valence-electron chi connectivity index (χ3n) is 7.10. The summed E-state index contributed by atoms with van der Waals surface area (Å²) in [6.07, 6.45) is 19.3. The first-order valence-corrected chi connectivity index (χ1v) is 13.2. The summed E-state index contributed by atoms with van der Waals surface area (Å²) in [4.78, 5) is 2.56. The van der Waals surface area contributed by atoms with Crippen LogP contribution in [0.1, 0.15) is 69.5 Å². The molecule has 1 heterocycles. The fourth-order valence-corrected chi connectivity index (χ4v) is 4.95. The van der Waals surface area contributed by atoms with E-state index in [2.05, 4.69) is 72.3 Å². The molecule has 1 atom stereocenters. The second-order valence-corrected chi connectivity index (χ2v) is 9.65. The topological polar surface area (TPSA) is 15.3 Å². The number of benzene rings is 1. The number of nitrogens with zero attached hydrogens (tertiary/aromatic N) is 1. The molecule has 0 aromatic heterocycles. The van der Waals surface area contributed by atoms with Crippen LogP contribution in [0.2, 0.25) is 0 Å². The summed E-state index contributed by atoms with van der Waals surface area (Å²) in [6, 6.07) is 9.03. The molecule has 0 bridgehead atoms. The zero-order chi connectivity index (χ0) is 24.2. The fraction of sp³-hybridized carbons (Fsp3) is 0.484. The predicted octanol–water partition coefficient (Wildman–Crippen LogP) is 7.63. The summed E-state index contributed by atoms with van der Waals surface area (Å²) in [6.45, 7) is 13.0. The van der Waals surface area contributed by atoms with Gasteiger partial charge in [-0.1, -0.05) is 68.1 Å². The lowest BCUT2D eigenvalue weighted by molar-refractivity contribution is 0.179. The van der Waals surface area contributed by atoms with Gasteiger partial charge in [0.25, 0.3) is 0 Å². The van der Waals surface area contributed by atoms with Gasteiger partial charge < -0.3 is 10.2 Å². The molecule has 1 fully saturated rings. The quantitative estimate of drug-likeness (QED) is 0.321. The van der Waals surface area contributed by atoms with Crippen LogP contribution in [0.4, 0.5) is 4.39 Å². The number of halogens is 1. The molecule has 1 aromatic rings. The van der Waals surface area contributed by atoms with Crippen LogP contribution in [0.3, 0.4) is 0 Å². The van der Waals surface area contributed by atoms with Gasteiger partial charge in [-0.2, -0.15) is 0 Å². The van der Waals surface area contributed by atoms with Gasteiger partial charge in [0, 0.05) is 0 Å². The van der Waals surface area contributed by atoms with E-state index in [4.69, 9.17) is 0 Å². The lowest BCUT2D eigenvalue weighted by Gasteiger charge is -2.33. The van der Waals surface area contributed by atoms with Gasteiger partial charge in [-0.3, -0.25) is 0 Å². The van der Waals surface area contributed by atoms with Crippen molar-refractivity contribution in [3.63, 3.8) is 0 Å². The third-order valence-corrected chi connectivity index (χ3v) is 7.10. The number of hydrogen-bond donors (Lipinski definition) is 1. The van der Waals surface area contributed by atoms with Crippen LogP contribution in [0.15, 0.2) is 84.3 Å². The maximum Gasteiger partial charge on any atom is 0.122 e. The Morgan fingerprint density at radius 2 is 2.00 bits per heavy atom. The molecule has 0 saturated carbocycles. The summed E-state index contributed by atoms with van der Waals surface area (Å²) in [5.74, 6) is 0.694. The van der Waals surface area contributed by atoms with E-state index in [1.54, 1.807) is 6.08 Å². The highest BCUT2D eigenvalue weighted by molar-refractivity contribution is 5.36. The van der Waals surface area contributed by atoms with Crippen molar-refractivity contribution >= 4 is 0 Å². The first kappa shape index (κ1) is 26.4. The number of allylic oxidation sites excluding steroid dienone is 7. The van der Waals surface area contributed by atoms with Crippen molar-refractivity contribution < 1.29 is 4.39 Å². The van der Waals surface area contributed by atoms with E-state index < -0.39 is 0 Å². The highest BCUT2D eigenvalue weighted by Crippen LogP contribution is 2.26. The van der Waals surface area contributed by atoms with Gasteiger partial charge in [-0.05, 0) is 112 Å². The Morgan fingerprint density at radius 3 is 2.74 bits per heavy atom. The molecule has 0 radical (unpaired) electrons. The van der Waals surface area contributed by atoms with Crippen LogP contribution >= 0.6 is 0 Å². The van der Waals surface area contributed by atoms with E-state index in [1.165, 1.54) is 24.0 Å². The van der Waals surface area contributed by atoms with Crippen LogP contribution in [0.5, 0.6) is 0 Å². The molecular formula is C31H43FN2. The minimum absolute atomic E-state index is 0.0113. The number of rotatable bonds is 12. The van der Waals surface area contributed by atoms with Gasteiger partial charge in [0.15, 0.2) is 0 Å². The predicted molar refractivity (Wildman–Crippen MR) is 145 cm³/mol. The number of piperidine rings is 1. The summed E-state index contributed by atoms with van der Waals surface area (Å²) in [5, 5.41) is 3.84. The minimum Gasteiger partial charge on any atom is -0.306 e.